The molecule has 57 heavy (non-hydrogen) atoms. The zero-order chi connectivity index (χ0) is 41.3. The van der Waals surface area contributed by atoms with Gasteiger partial charge in [-0.15, -0.1) is 0 Å². The molecule has 0 heterocycles. The van der Waals surface area contributed by atoms with Crippen molar-refractivity contribution in [1.82, 2.24) is 0 Å². The van der Waals surface area contributed by atoms with E-state index in [1.807, 2.05) is 5.57 Å². The molecule has 330 valence electrons. The van der Waals surface area contributed by atoms with Crippen molar-refractivity contribution in [3.63, 3.8) is 0 Å². The highest BCUT2D eigenvalue weighted by atomic mass is 16.5. The molecule has 3 N–H and O–H groups in total. The summed E-state index contributed by atoms with van der Waals surface area (Å²) < 4.78 is 5.90. The summed E-state index contributed by atoms with van der Waals surface area (Å²) in [6, 6.07) is -1.00. The Kier molecular flexibility index (Phi) is 21.0. The van der Waals surface area contributed by atoms with Gasteiger partial charge in [0, 0.05) is 6.42 Å². The van der Waals surface area contributed by atoms with Gasteiger partial charge in [0.05, 0.1) is 0 Å². The van der Waals surface area contributed by atoms with Crippen LogP contribution in [0.2, 0.25) is 0 Å². The summed E-state index contributed by atoms with van der Waals surface area (Å²) in [5.74, 6) is 5.03. The lowest BCUT2D eigenvalue weighted by Gasteiger charge is -2.58. The number of hydrogen-bond donors (Lipinski definition) is 2. The molecule has 5 unspecified atom stereocenters. The zero-order valence-electron chi connectivity index (χ0n) is 38.4. The van der Waals surface area contributed by atoms with E-state index in [4.69, 9.17) is 15.6 Å². The lowest BCUT2D eigenvalue weighted by Crippen LogP contribution is -2.50. The molecule has 0 bridgehead atoms. The van der Waals surface area contributed by atoms with E-state index in [2.05, 4.69) is 47.6 Å². The molecule has 3 fully saturated rings. The van der Waals surface area contributed by atoms with Gasteiger partial charge in [-0.05, 0) is 136 Å². The standard InChI is InChI=1S/C52H93NO4/c1-7-8-9-10-11-12-13-17-20-26-43(57-49(54)33-32-48(53)50(55)56)27-21-18-15-14-16-19-25-41-34-36-51(5)42(38-41)28-29-44-46-31-30-45(40(4)24-22-23-39(2)3)52(46,6)37-35-47(44)51/h28,39-41,43-48H,7-27,29-38,53H2,1-6H3,(H,55,56)/t40-,41?,43?,44?,45-,46?,47?,48+,51+,52-/m1/s1. The third-order valence-corrected chi connectivity index (χ3v) is 16.7. The summed E-state index contributed by atoms with van der Waals surface area (Å²) in [5.41, 5.74) is 8.55. The predicted octanol–water partition coefficient (Wildman–Crippen LogP) is 14.8. The van der Waals surface area contributed by atoms with Crippen LogP contribution in [0.3, 0.4) is 0 Å². The average Bonchev–Trinajstić information content (AvgIpc) is 3.54. The summed E-state index contributed by atoms with van der Waals surface area (Å²) >= 11 is 0. The first-order valence-corrected chi connectivity index (χ1v) is 25.3. The maximum Gasteiger partial charge on any atom is 0.320 e. The number of hydrogen-bond acceptors (Lipinski definition) is 4. The SMILES string of the molecule is CCCCCCCCCCCC(CCCCCCCCC1CC[C@@]2(C)C(=CCC3C2CC[C@@]2(C)C3CC[C@@H]2[C@H](C)CCCC(C)C)C1)OC(=O)CC[C@H](N)C(=O)O. The van der Waals surface area contributed by atoms with Gasteiger partial charge >= 0.3 is 11.9 Å². The van der Waals surface area contributed by atoms with Crippen LogP contribution >= 0.6 is 0 Å². The van der Waals surface area contributed by atoms with Crippen LogP contribution in [0.25, 0.3) is 0 Å². The van der Waals surface area contributed by atoms with Crippen molar-refractivity contribution in [3.05, 3.63) is 11.6 Å². The van der Waals surface area contributed by atoms with Gasteiger partial charge in [-0.1, -0.05) is 162 Å². The molecule has 5 heteroatoms. The molecule has 4 aliphatic carbocycles. The molecule has 0 aromatic heterocycles. The van der Waals surface area contributed by atoms with Crippen LogP contribution in [0.5, 0.6) is 0 Å². The van der Waals surface area contributed by atoms with Crippen LogP contribution in [0.15, 0.2) is 11.6 Å². The molecule has 10 atom stereocenters. The van der Waals surface area contributed by atoms with Gasteiger partial charge in [-0.3, -0.25) is 9.59 Å². The number of aliphatic carboxylic acids is 1. The van der Waals surface area contributed by atoms with Crippen LogP contribution < -0.4 is 5.73 Å². The molecule has 5 nitrogen and oxygen atoms in total. The van der Waals surface area contributed by atoms with Crippen molar-refractivity contribution >= 4 is 11.9 Å². The van der Waals surface area contributed by atoms with Gasteiger partial charge < -0.3 is 15.6 Å². The van der Waals surface area contributed by atoms with Gasteiger partial charge in [-0.25, -0.2) is 0 Å². The molecular weight excluding hydrogens is 703 g/mol. The highest BCUT2D eigenvalue weighted by Gasteiger charge is 2.59. The summed E-state index contributed by atoms with van der Waals surface area (Å²) in [5, 5.41) is 9.09. The van der Waals surface area contributed by atoms with Gasteiger partial charge in [0.1, 0.15) is 12.1 Å². The maximum atomic E-state index is 12.6. The van der Waals surface area contributed by atoms with E-state index in [0.717, 1.165) is 67.1 Å². The Labute approximate surface area is 352 Å². The second-order valence-electron chi connectivity index (χ2n) is 21.3. The van der Waals surface area contributed by atoms with Crippen LogP contribution in [0.1, 0.15) is 241 Å². The Morgan fingerprint density at radius 2 is 1.39 bits per heavy atom. The average molecular weight is 796 g/mol. The second-order valence-corrected chi connectivity index (χ2v) is 21.3. The molecule has 0 aromatic rings. The first kappa shape index (κ1) is 48.3. The third kappa shape index (κ3) is 14.7. The molecule has 0 aromatic carbocycles. The van der Waals surface area contributed by atoms with Crippen molar-refractivity contribution in [2.45, 2.75) is 253 Å². The van der Waals surface area contributed by atoms with Crippen molar-refractivity contribution in [1.29, 1.82) is 0 Å². The van der Waals surface area contributed by atoms with Gasteiger partial charge in [0.15, 0.2) is 0 Å². The van der Waals surface area contributed by atoms with Crippen molar-refractivity contribution in [2.75, 3.05) is 0 Å². The number of carboxylic acids is 1. The monoisotopic (exact) mass is 796 g/mol. The molecule has 0 saturated heterocycles. The lowest BCUT2D eigenvalue weighted by molar-refractivity contribution is -0.150. The third-order valence-electron chi connectivity index (χ3n) is 16.7. The number of rotatable bonds is 29. The molecule has 0 spiro atoms. The van der Waals surface area contributed by atoms with E-state index in [-0.39, 0.29) is 24.9 Å². The van der Waals surface area contributed by atoms with Crippen LogP contribution in [0, 0.1) is 52.3 Å². The van der Waals surface area contributed by atoms with E-state index >= 15 is 0 Å². The molecular formula is C52H93NO4. The minimum absolute atomic E-state index is 0.0502. The number of ether oxygens (including phenoxy) is 1. The largest absolute Gasteiger partial charge is 0.480 e. The van der Waals surface area contributed by atoms with Crippen molar-refractivity contribution in [3.8, 4) is 0 Å². The molecule has 4 rings (SSSR count). The van der Waals surface area contributed by atoms with E-state index in [1.165, 1.54) is 161 Å². The summed E-state index contributed by atoms with van der Waals surface area (Å²) in [6.07, 6.45) is 41.2. The predicted molar refractivity (Wildman–Crippen MR) is 240 cm³/mol. The summed E-state index contributed by atoms with van der Waals surface area (Å²) in [6.45, 7) is 15.1. The Balaban J connectivity index is 1.13. The molecule has 0 aliphatic heterocycles. The van der Waals surface area contributed by atoms with Gasteiger partial charge in [0.2, 0.25) is 0 Å². The first-order valence-electron chi connectivity index (χ1n) is 25.3. The quantitative estimate of drug-likeness (QED) is 0.0447. The number of carboxylic acid groups (broad SMARTS) is 1. The fraction of sp³-hybridized carbons (Fsp3) is 0.923. The van der Waals surface area contributed by atoms with Crippen LogP contribution in [-0.4, -0.2) is 29.2 Å². The van der Waals surface area contributed by atoms with E-state index < -0.39 is 12.0 Å². The minimum Gasteiger partial charge on any atom is -0.480 e. The van der Waals surface area contributed by atoms with Crippen LogP contribution in [-0.2, 0) is 14.3 Å². The molecule has 4 aliphatic rings. The Morgan fingerprint density at radius 1 is 0.754 bits per heavy atom. The first-order chi connectivity index (χ1) is 27.4. The highest BCUT2D eigenvalue weighted by molar-refractivity contribution is 5.75. The van der Waals surface area contributed by atoms with E-state index in [1.54, 1.807) is 0 Å². The maximum absolute atomic E-state index is 12.6. The Bertz CT molecular complexity index is 1200. The fourth-order valence-electron chi connectivity index (χ4n) is 13.1. The van der Waals surface area contributed by atoms with Crippen LogP contribution in [0.4, 0.5) is 0 Å². The van der Waals surface area contributed by atoms with E-state index in [9.17, 15) is 9.59 Å². The number of fused-ring (bicyclic) bond motifs is 5. The summed E-state index contributed by atoms with van der Waals surface area (Å²) in [4.78, 5) is 23.7. The number of carbonyl (C=O) groups excluding carboxylic acids is 1. The zero-order valence-corrected chi connectivity index (χ0v) is 38.4. The number of carbonyl (C=O) groups is 2. The van der Waals surface area contributed by atoms with Crippen molar-refractivity contribution in [2.24, 2.45) is 58.0 Å². The summed E-state index contributed by atoms with van der Waals surface area (Å²) in [7, 11) is 0. The van der Waals surface area contributed by atoms with E-state index in [0.29, 0.717) is 10.8 Å². The number of nitrogens with two attached hydrogens (primary N) is 1. The molecule has 0 amide bonds. The molecule has 0 radical (unpaired) electrons. The normalized spacial score (nSPS) is 29.9. The second kappa shape index (κ2) is 24.8. The number of unbranched alkanes of at least 4 members (excludes halogenated alkanes) is 13. The minimum atomic E-state index is -1.06. The topological polar surface area (TPSA) is 89.6 Å². The Hall–Kier alpha value is -1.36. The van der Waals surface area contributed by atoms with Crippen molar-refractivity contribution < 1.29 is 19.4 Å². The lowest BCUT2D eigenvalue weighted by atomic mass is 9.46. The number of esters is 1. The molecule has 3 saturated carbocycles. The Morgan fingerprint density at radius 3 is 2.02 bits per heavy atom. The smallest absolute Gasteiger partial charge is 0.320 e. The highest BCUT2D eigenvalue weighted by Crippen LogP contribution is 2.67. The number of allylic oxidation sites excluding steroid dienone is 2. The van der Waals surface area contributed by atoms with Gasteiger partial charge in [0.25, 0.3) is 0 Å². The van der Waals surface area contributed by atoms with Gasteiger partial charge in [-0.2, -0.15) is 0 Å². The fourth-order valence-corrected chi connectivity index (χ4v) is 13.1.